The summed E-state index contributed by atoms with van der Waals surface area (Å²) in [6.45, 7) is 0.191. The molecule has 0 saturated heterocycles. The van der Waals surface area contributed by atoms with Crippen LogP contribution in [0.15, 0.2) is 76.7 Å². The number of fused-ring (bicyclic) bond motifs is 1. The monoisotopic (exact) mass is 459 g/mol. The van der Waals surface area contributed by atoms with Crippen LogP contribution in [0.1, 0.15) is 11.4 Å². The van der Waals surface area contributed by atoms with Crippen LogP contribution in [-0.2, 0) is 22.2 Å². The number of nitrogens with one attached hydrogen (secondary N) is 1. The summed E-state index contributed by atoms with van der Waals surface area (Å²) in [7, 11) is -3.56. The third-order valence-electron chi connectivity index (χ3n) is 4.33. The number of thioether (sulfide) groups is 1. The van der Waals surface area contributed by atoms with E-state index in [0.29, 0.717) is 23.6 Å². The molecule has 4 aromatic rings. The van der Waals surface area contributed by atoms with E-state index in [1.807, 2.05) is 36.4 Å². The first kappa shape index (κ1) is 20.8. The van der Waals surface area contributed by atoms with Gasteiger partial charge >= 0.3 is 0 Å². The van der Waals surface area contributed by atoms with Crippen LogP contribution in [-0.4, -0.2) is 34.8 Å². The van der Waals surface area contributed by atoms with E-state index < -0.39 is 10.0 Å². The molecule has 0 saturated carbocycles. The van der Waals surface area contributed by atoms with Gasteiger partial charge in [-0.25, -0.2) is 13.1 Å². The van der Waals surface area contributed by atoms with E-state index in [1.165, 1.54) is 0 Å². The van der Waals surface area contributed by atoms with Gasteiger partial charge in [-0.15, -0.1) is 10.2 Å². The fraction of sp³-hybridized carbons (Fsp3) is 0.150. The molecule has 2 heterocycles. The lowest BCUT2D eigenvalue weighted by molar-refractivity contribution is 0.580. The van der Waals surface area contributed by atoms with Crippen LogP contribution >= 0.6 is 23.4 Å². The van der Waals surface area contributed by atoms with E-state index in [1.54, 1.807) is 46.6 Å². The van der Waals surface area contributed by atoms with Crippen molar-refractivity contribution in [2.24, 2.45) is 0 Å². The van der Waals surface area contributed by atoms with Crippen molar-refractivity contribution in [1.29, 1.82) is 0 Å². The highest BCUT2D eigenvalue weighted by molar-refractivity contribution is 7.98. The van der Waals surface area contributed by atoms with Gasteiger partial charge in [-0.05, 0) is 35.9 Å². The first-order valence-corrected chi connectivity index (χ1v) is 12.0. The number of rotatable bonds is 8. The molecular weight excluding hydrogens is 442 g/mol. The summed E-state index contributed by atoms with van der Waals surface area (Å²) in [6, 6.07) is 19.7. The van der Waals surface area contributed by atoms with Gasteiger partial charge in [0, 0.05) is 23.7 Å². The van der Waals surface area contributed by atoms with Crippen molar-refractivity contribution in [2.75, 3.05) is 6.54 Å². The van der Waals surface area contributed by atoms with E-state index in [9.17, 15) is 8.42 Å². The van der Waals surface area contributed by atoms with Crippen molar-refractivity contribution in [3.05, 3.63) is 83.1 Å². The number of halogens is 1. The molecule has 0 fully saturated rings. The van der Waals surface area contributed by atoms with Crippen LogP contribution in [0.4, 0.5) is 0 Å². The molecule has 4 rings (SSSR count). The summed E-state index contributed by atoms with van der Waals surface area (Å²) in [5.41, 5.74) is 1.64. The van der Waals surface area contributed by atoms with Crippen molar-refractivity contribution in [3.8, 4) is 0 Å². The molecule has 0 radical (unpaired) electrons. The van der Waals surface area contributed by atoms with Gasteiger partial charge in [0.1, 0.15) is 5.03 Å². The third-order valence-corrected chi connectivity index (χ3v) is 7.15. The molecule has 0 aliphatic carbocycles. The summed E-state index contributed by atoms with van der Waals surface area (Å²) in [5, 5.41) is 14.4. The molecule has 154 valence electrons. The van der Waals surface area contributed by atoms with Crippen molar-refractivity contribution in [3.63, 3.8) is 0 Å². The second-order valence-corrected chi connectivity index (χ2v) is 9.57. The predicted octanol–water partition coefficient (Wildman–Crippen LogP) is 3.59. The normalized spacial score (nSPS) is 11.8. The van der Waals surface area contributed by atoms with Crippen LogP contribution in [0.2, 0.25) is 5.02 Å². The van der Waals surface area contributed by atoms with Crippen LogP contribution in [0.25, 0.3) is 5.65 Å². The van der Waals surface area contributed by atoms with Gasteiger partial charge in [-0.2, -0.15) is 9.61 Å². The minimum Gasteiger partial charge on any atom is -0.211 e. The Labute approximate surface area is 183 Å². The number of sulfonamides is 1. The fourth-order valence-corrected chi connectivity index (χ4v) is 4.99. The molecule has 0 aliphatic heterocycles. The Morgan fingerprint density at radius 3 is 2.53 bits per heavy atom. The minimum atomic E-state index is -3.56. The molecule has 0 bridgehead atoms. The van der Waals surface area contributed by atoms with Gasteiger partial charge in [0.15, 0.2) is 11.5 Å². The topological polar surface area (TPSA) is 89.2 Å². The Hall–Kier alpha value is -2.46. The van der Waals surface area contributed by atoms with Crippen molar-refractivity contribution in [2.45, 2.75) is 22.1 Å². The maximum atomic E-state index is 12.3. The Morgan fingerprint density at radius 1 is 0.967 bits per heavy atom. The highest BCUT2D eigenvalue weighted by Crippen LogP contribution is 2.25. The quantitative estimate of drug-likeness (QED) is 0.405. The van der Waals surface area contributed by atoms with E-state index in [-0.39, 0.29) is 11.4 Å². The first-order valence-electron chi connectivity index (χ1n) is 9.15. The first-order chi connectivity index (χ1) is 14.5. The van der Waals surface area contributed by atoms with Crippen LogP contribution in [0.3, 0.4) is 0 Å². The standard InChI is InChI=1S/C20H18ClN5O2S2/c21-17-9-5-4-6-15(17)14-29-20-11-10-18-23-24-19(26(18)25-20)12-13-22-30(27,28)16-7-2-1-3-8-16/h1-11,22H,12-14H2. The van der Waals surface area contributed by atoms with Gasteiger partial charge in [0.2, 0.25) is 10.0 Å². The molecule has 10 heteroatoms. The molecule has 0 unspecified atom stereocenters. The van der Waals surface area contributed by atoms with Gasteiger partial charge < -0.3 is 0 Å². The summed E-state index contributed by atoms with van der Waals surface area (Å²) in [4.78, 5) is 0.229. The average Bonchev–Trinajstić information content (AvgIpc) is 3.16. The van der Waals surface area contributed by atoms with Crippen molar-refractivity contribution < 1.29 is 8.42 Å². The Bertz CT molecular complexity index is 1260. The van der Waals surface area contributed by atoms with E-state index in [4.69, 9.17) is 11.6 Å². The molecule has 30 heavy (non-hydrogen) atoms. The van der Waals surface area contributed by atoms with Crippen molar-refractivity contribution >= 4 is 39.0 Å². The molecule has 0 amide bonds. The molecular formula is C20H18ClN5O2S2. The molecule has 1 N–H and O–H groups in total. The third kappa shape index (κ3) is 4.81. The molecule has 0 atom stereocenters. The van der Waals surface area contributed by atoms with E-state index >= 15 is 0 Å². The number of nitrogens with zero attached hydrogens (tertiary/aromatic N) is 4. The van der Waals surface area contributed by atoms with Gasteiger partial charge in [0.25, 0.3) is 0 Å². The second kappa shape index (κ2) is 9.13. The van der Waals surface area contributed by atoms with E-state index in [0.717, 1.165) is 15.6 Å². The van der Waals surface area contributed by atoms with Crippen LogP contribution in [0, 0.1) is 0 Å². The fourth-order valence-electron chi connectivity index (χ4n) is 2.80. The Morgan fingerprint density at radius 2 is 1.73 bits per heavy atom. The smallest absolute Gasteiger partial charge is 0.211 e. The number of benzene rings is 2. The maximum absolute atomic E-state index is 12.3. The number of hydrogen-bond donors (Lipinski definition) is 1. The summed E-state index contributed by atoms with van der Waals surface area (Å²) in [6.07, 6.45) is 0.360. The lowest BCUT2D eigenvalue weighted by Crippen LogP contribution is -2.26. The van der Waals surface area contributed by atoms with Gasteiger partial charge in [-0.1, -0.05) is 59.8 Å². The number of aromatic nitrogens is 4. The Balaban J connectivity index is 1.43. The molecule has 7 nitrogen and oxygen atoms in total. The predicted molar refractivity (Wildman–Crippen MR) is 117 cm³/mol. The van der Waals surface area contributed by atoms with Gasteiger partial charge in [0.05, 0.1) is 4.90 Å². The minimum absolute atomic E-state index is 0.191. The largest absolute Gasteiger partial charge is 0.240 e. The van der Waals surface area contributed by atoms with Crippen LogP contribution < -0.4 is 4.72 Å². The lowest BCUT2D eigenvalue weighted by Gasteiger charge is -2.06. The summed E-state index contributed by atoms with van der Waals surface area (Å²) >= 11 is 7.77. The molecule has 0 aliphatic rings. The summed E-state index contributed by atoms with van der Waals surface area (Å²) in [5.74, 6) is 1.27. The second-order valence-electron chi connectivity index (χ2n) is 6.40. The zero-order valence-corrected chi connectivity index (χ0v) is 18.2. The SMILES string of the molecule is O=S(=O)(NCCc1nnc2ccc(SCc3ccccc3Cl)nn12)c1ccccc1. The van der Waals surface area contributed by atoms with E-state index in [2.05, 4.69) is 20.0 Å². The average molecular weight is 460 g/mol. The molecule has 2 aromatic carbocycles. The van der Waals surface area contributed by atoms with Crippen molar-refractivity contribution in [1.82, 2.24) is 24.5 Å². The molecule has 2 aromatic heterocycles. The zero-order valence-electron chi connectivity index (χ0n) is 15.8. The highest BCUT2D eigenvalue weighted by Gasteiger charge is 2.14. The van der Waals surface area contributed by atoms with Crippen LogP contribution in [0.5, 0.6) is 0 Å². The molecule has 0 spiro atoms. The van der Waals surface area contributed by atoms with Gasteiger partial charge in [-0.3, -0.25) is 0 Å². The zero-order chi connectivity index (χ0) is 21.0. The number of hydrogen-bond acceptors (Lipinski definition) is 6. The lowest BCUT2D eigenvalue weighted by atomic mass is 10.2. The highest BCUT2D eigenvalue weighted by atomic mass is 35.5. The summed E-state index contributed by atoms with van der Waals surface area (Å²) < 4.78 is 28.9. The Kier molecular flexibility index (Phi) is 6.33. The maximum Gasteiger partial charge on any atom is 0.240 e.